The van der Waals surface area contributed by atoms with Gasteiger partial charge in [-0.3, -0.25) is 18.6 Å². The molecule has 0 spiro atoms. The van der Waals surface area contributed by atoms with Gasteiger partial charge in [0.15, 0.2) is 6.04 Å². The largest absolute Gasteiger partial charge is 0.480 e. The van der Waals surface area contributed by atoms with Gasteiger partial charge in [0.25, 0.3) is 0 Å². The van der Waals surface area contributed by atoms with Crippen molar-refractivity contribution in [2.24, 2.45) is 0 Å². The van der Waals surface area contributed by atoms with E-state index in [0.29, 0.717) is 19.3 Å². The van der Waals surface area contributed by atoms with Gasteiger partial charge in [0.1, 0.15) is 12.7 Å². The number of carboxylic acid groups (broad SMARTS) is 1. The summed E-state index contributed by atoms with van der Waals surface area (Å²) < 4.78 is 26.8. The Bertz CT molecular complexity index is 1280. The lowest BCUT2D eigenvalue weighted by Crippen LogP contribution is -2.43. The van der Waals surface area contributed by atoms with Gasteiger partial charge in [-0.15, -0.1) is 0 Å². The third kappa shape index (κ3) is 41.4. The van der Waals surface area contributed by atoms with E-state index in [-0.39, 0.29) is 12.8 Å². The minimum absolute atomic E-state index is 0.0657. The summed E-state index contributed by atoms with van der Waals surface area (Å²) in [6.07, 6.45) is 49.3. The molecule has 12 heteroatoms. The maximum Gasteiger partial charge on any atom is 0.472 e. The van der Waals surface area contributed by atoms with Gasteiger partial charge in [-0.05, 0) is 83.5 Å². The van der Waals surface area contributed by atoms with Crippen molar-refractivity contribution in [1.29, 1.82) is 0 Å². The van der Waals surface area contributed by atoms with Gasteiger partial charge in [0, 0.05) is 12.8 Å². The number of aliphatic hydroxyl groups is 1. The zero-order valence-electron chi connectivity index (χ0n) is 36.5. The van der Waals surface area contributed by atoms with Crippen molar-refractivity contribution in [3.63, 3.8) is 0 Å². The van der Waals surface area contributed by atoms with Crippen LogP contribution in [0.1, 0.15) is 174 Å². The van der Waals surface area contributed by atoms with E-state index >= 15 is 0 Å². The van der Waals surface area contributed by atoms with Gasteiger partial charge in [-0.2, -0.15) is 0 Å². The molecular weight excluding hydrogens is 769 g/mol. The van der Waals surface area contributed by atoms with Crippen molar-refractivity contribution in [2.75, 3.05) is 19.8 Å². The van der Waals surface area contributed by atoms with Crippen molar-refractivity contribution in [1.82, 2.24) is 5.32 Å². The third-order valence-corrected chi connectivity index (χ3v) is 10.2. The molecule has 0 aliphatic carbocycles. The minimum atomic E-state index is -4.78. The number of hydrogen-bond donors (Lipinski definition) is 4. The summed E-state index contributed by atoms with van der Waals surface area (Å²) in [5, 5.41) is 21.8. The van der Waals surface area contributed by atoms with Crippen LogP contribution in [0.2, 0.25) is 0 Å². The van der Waals surface area contributed by atoms with Crippen LogP contribution in [0.4, 0.5) is 0 Å². The fourth-order valence-corrected chi connectivity index (χ4v) is 6.46. The summed E-state index contributed by atoms with van der Waals surface area (Å²) in [6.45, 7) is 2.49. The fourth-order valence-electron chi connectivity index (χ4n) is 5.69. The number of carboxylic acids is 1. The molecule has 59 heavy (non-hydrogen) atoms. The van der Waals surface area contributed by atoms with Crippen molar-refractivity contribution in [3.8, 4) is 0 Å². The van der Waals surface area contributed by atoms with E-state index in [1.807, 2.05) is 12.2 Å². The molecule has 0 radical (unpaired) electrons. The zero-order chi connectivity index (χ0) is 43.5. The molecule has 0 saturated carbocycles. The van der Waals surface area contributed by atoms with Crippen molar-refractivity contribution in [2.45, 2.75) is 187 Å². The van der Waals surface area contributed by atoms with Gasteiger partial charge in [0.2, 0.25) is 5.91 Å². The van der Waals surface area contributed by atoms with Crippen LogP contribution in [-0.4, -0.2) is 64.9 Å². The number of esters is 1. The maximum atomic E-state index is 12.3. The highest BCUT2D eigenvalue weighted by Crippen LogP contribution is 2.43. The van der Waals surface area contributed by atoms with Crippen LogP contribution in [0, 0.1) is 0 Å². The quantitative estimate of drug-likeness (QED) is 0.0201. The molecule has 0 aliphatic heterocycles. The first-order valence-electron chi connectivity index (χ1n) is 22.5. The first-order chi connectivity index (χ1) is 28.6. The standard InChI is InChI=1S/C47H80NO10P/c1-3-5-7-9-11-13-15-17-19-21-23-25-27-29-31-33-35-37-39-46(51)56-40-43(49)41-57-59(54,55)58-42-44(47(52)53)48-45(50)38-36-34-32-30-28-26-24-22-20-18-16-14-12-10-8-6-4-2/h12-15,18-21,24,26,30,32,43-44,49H,3-11,16-17,22-23,25,27-29,31,33-42H2,1-2H3,(H,48,50)(H,52,53)(H,54,55)/b14-12-,15-13-,20-18-,21-19-,26-24-,32-30-. The van der Waals surface area contributed by atoms with Crippen LogP contribution < -0.4 is 5.32 Å². The molecule has 0 aromatic carbocycles. The lowest BCUT2D eigenvalue weighted by molar-refractivity contribution is -0.147. The number of aliphatic carboxylic acids is 1. The fraction of sp³-hybridized carbons (Fsp3) is 0.681. The van der Waals surface area contributed by atoms with E-state index in [0.717, 1.165) is 57.8 Å². The predicted octanol–water partition coefficient (Wildman–Crippen LogP) is 11.7. The number of carbonyl (C=O) groups is 3. The molecule has 11 nitrogen and oxygen atoms in total. The summed E-state index contributed by atoms with van der Waals surface area (Å²) >= 11 is 0. The Morgan fingerprint density at radius 2 is 0.949 bits per heavy atom. The van der Waals surface area contributed by atoms with Crippen LogP contribution in [0.5, 0.6) is 0 Å². The second-order valence-corrected chi connectivity index (χ2v) is 16.3. The van der Waals surface area contributed by atoms with Gasteiger partial charge in [-0.1, -0.05) is 151 Å². The Morgan fingerprint density at radius 1 is 0.542 bits per heavy atom. The SMILES string of the molecule is CCCCC/C=C\C/C=C\C/C=C\C/C=C\CCCC(=O)NC(COP(=O)(O)OCC(O)COC(=O)CCCCCCCCC/C=C\C/C=C\CCCCCC)C(=O)O. The summed E-state index contributed by atoms with van der Waals surface area (Å²) in [5.41, 5.74) is 0. The number of rotatable bonds is 41. The topological polar surface area (TPSA) is 169 Å². The number of carbonyl (C=O) groups excluding carboxylic acids is 2. The molecule has 0 aromatic heterocycles. The Morgan fingerprint density at radius 3 is 1.46 bits per heavy atom. The van der Waals surface area contributed by atoms with Crippen LogP contribution in [0.15, 0.2) is 72.9 Å². The van der Waals surface area contributed by atoms with Crippen LogP contribution in [0.25, 0.3) is 0 Å². The number of allylic oxidation sites excluding steroid dienone is 12. The molecule has 4 N–H and O–H groups in total. The second kappa shape index (κ2) is 41.6. The molecule has 0 fully saturated rings. The van der Waals surface area contributed by atoms with Gasteiger partial charge in [0.05, 0.1) is 13.2 Å². The highest BCUT2D eigenvalue weighted by molar-refractivity contribution is 7.47. The monoisotopic (exact) mass is 850 g/mol. The number of ether oxygens (including phenoxy) is 1. The Hall–Kier alpha value is -3.08. The number of amides is 1. The molecule has 3 unspecified atom stereocenters. The first-order valence-corrected chi connectivity index (χ1v) is 24.0. The van der Waals surface area contributed by atoms with Gasteiger partial charge in [-0.25, -0.2) is 9.36 Å². The van der Waals surface area contributed by atoms with Gasteiger partial charge < -0.3 is 25.2 Å². The number of nitrogens with one attached hydrogen (secondary N) is 1. The number of unbranched alkanes of at least 4 members (excludes halogenated alkanes) is 15. The molecule has 0 saturated heterocycles. The van der Waals surface area contributed by atoms with E-state index < -0.39 is 57.6 Å². The Labute approximate surface area is 357 Å². The van der Waals surface area contributed by atoms with Gasteiger partial charge >= 0.3 is 19.8 Å². The van der Waals surface area contributed by atoms with Crippen molar-refractivity contribution in [3.05, 3.63) is 72.9 Å². The average Bonchev–Trinajstić information content (AvgIpc) is 3.21. The van der Waals surface area contributed by atoms with E-state index in [1.54, 1.807) is 0 Å². The molecule has 0 aliphatic rings. The summed E-state index contributed by atoms with van der Waals surface area (Å²) in [7, 11) is -4.78. The zero-order valence-corrected chi connectivity index (χ0v) is 37.4. The maximum absolute atomic E-state index is 12.3. The molecule has 1 amide bonds. The highest BCUT2D eigenvalue weighted by atomic mass is 31.2. The molecule has 0 heterocycles. The number of hydrogen-bond acceptors (Lipinski definition) is 8. The Balaban J connectivity index is 3.99. The molecule has 338 valence electrons. The van der Waals surface area contributed by atoms with E-state index in [1.165, 1.54) is 70.6 Å². The van der Waals surface area contributed by atoms with Crippen LogP contribution >= 0.6 is 7.82 Å². The number of phosphoric ester groups is 1. The predicted molar refractivity (Wildman–Crippen MR) is 240 cm³/mol. The summed E-state index contributed by atoms with van der Waals surface area (Å²) in [4.78, 5) is 45.9. The van der Waals surface area contributed by atoms with E-state index in [9.17, 15) is 34.1 Å². The Kier molecular flexibility index (Phi) is 39.5. The van der Waals surface area contributed by atoms with Crippen LogP contribution in [0.3, 0.4) is 0 Å². The average molecular weight is 850 g/mol. The molecule has 3 atom stereocenters. The molecule has 0 rings (SSSR count). The number of phosphoric acid groups is 1. The second-order valence-electron chi connectivity index (χ2n) is 14.9. The third-order valence-electron chi connectivity index (χ3n) is 9.22. The first kappa shape index (κ1) is 55.9. The minimum Gasteiger partial charge on any atom is -0.480 e. The van der Waals surface area contributed by atoms with Crippen LogP contribution in [-0.2, 0) is 32.7 Å². The lowest BCUT2D eigenvalue weighted by atomic mass is 10.1. The van der Waals surface area contributed by atoms with E-state index in [2.05, 4.69) is 79.9 Å². The highest BCUT2D eigenvalue weighted by Gasteiger charge is 2.28. The summed E-state index contributed by atoms with van der Waals surface area (Å²) in [6, 6.07) is -1.58. The summed E-state index contributed by atoms with van der Waals surface area (Å²) in [5.74, 6) is -2.47. The molecule has 0 bridgehead atoms. The number of aliphatic hydroxyl groups excluding tert-OH is 1. The molecular formula is C47H80NO10P. The molecule has 0 aromatic rings. The van der Waals surface area contributed by atoms with E-state index in [4.69, 9.17) is 13.8 Å². The smallest absolute Gasteiger partial charge is 0.472 e. The normalized spacial score (nSPS) is 14.4. The van der Waals surface area contributed by atoms with Crippen molar-refractivity contribution >= 4 is 25.7 Å². The van der Waals surface area contributed by atoms with Crippen molar-refractivity contribution < 1.29 is 47.8 Å². The lowest BCUT2D eigenvalue weighted by Gasteiger charge is -2.18.